The molecule has 30 heavy (non-hydrogen) atoms. The van der Waals surface area contributed by atoms with Gasteiger partial charge in [-0.25, -0.2) is 4.79 Å². The molecule has 2 heterocycles. The van der Waals surface area contributed by atoms with Crippen molar-refractivity contribution in [3.05, 3.63) is 89.2 Å². The molecule has 1 aliphatic heterocycles. The predicted octanol–water partition coefficient (Wildman–Crippen LogP) is 3.21. The average molecular weight is 402 g/mol. The number of aryl methyl sites for hydroxylation is 2. The van der Waals surface area contributed by atoms with Gasteiger partial charge in [0.2, 0.25) is 0 Å². The molecule has 1 aliphatic rings. The first-order valence-corrected chi connectivity index (χ1v) is 9.60. The molecule has 0 unspecified atom stereocenters. The molecule has 7 nitrogen and oxygen atoms in total. The number of nitrogens with one attached hydrogen (secondary N) is 2. The highest BCUT2D eigenvalue weighted by molar-refractivity contribution is 6.09. The molecular weight excluding hydrogens is 380 g/mol. The molecule has 4 rings (SSSR count). The summed E-state index contributed by atoms with van der Waals surface area (Å²) in [4.78, 5) is 38.0. The quantitative estimate of drug-likeness (QED) is 0.658. The van der Waals surface area contributed by atoms with Crippen molar-refractivity contribution in [1.82, 2.24) is 20.3 Å². The number of amides is 4. The Labute approximate surface area is 174 Å². The summed E-state index contributed by atoms with van der Waals surface area (Å²) < 4.78 is 2.07. The predicted molar refractivity (Wildman–Crippen MR) is 112 cm³/mol. The Morgan fingerprint density at radius 1 is 0.900 bits per heavy atom. The molecule has 0 aliphatic carbocycles. The van der Waals surface area contributed by atoms with Gasteiger partial charge in [-0.3, -0.25) is 15.0 Å². The van der Waals surface area contributed by atoms with Crippen molar-refractivity contribution in [2.24, 2.45) is 0 Å². The number of hydrazine groups is 1. The molecule has 7 heteroatoms. The highest BCUT2D eigenvalue weighted by atomic mass is 16.2. The Bertz CT molecular complexity index is 1120. The molecule has 152 valence electrons. The van der Waals surface area contributed by atoms with Crippen molar-refractivity contribution < 1.29 is 14.4 Å². The molecule has 1 atom stereocenters. The van der Waals surface area contributed by atoms with Crippen LogP contribution in [-0.4, -0.2) is 27.4 Å². The van der Waals surface area contributed by atoms with E-state index in [0.717, 1.165) is 22.1 Å². The summed E-state index contributed by atoms with van der Waals surface area (Å²) in [7, 11) is 0. The number of hydrogen-bond donors (Lipinski definition) is 2. The lowest BCUT2D eigenvalue weighted by molar-refractivity contribution is -0.132. The van der Waals surface area contributed by atoms with Crippen LogP contribution >= 0.6 is 0 Å². The Balaban J connectivity index is 1.53. The van der Waals surface area contributed by atoms with E-state index in [1.807, 2.05) is 44.2 Å². The molecule has 0 spiro atoms. The van der Waals surface area contributed by atoms with Gasteiger partial charge in [0, 0.05) is 22.6 Å². The van der Waals surface area contributed by atoms with Gasteiger partial charge in [0.15, 0.2) is 0 Å². The first kappa shape index (κ1) is 19.4. The van der Waals surface area contributed by atoms with E-state index < -0.39 is 23.4 Å². The van der Waals surface area contributed by atoms with Gasteiger partial charge in [-0.15, -0.1) is 0 Å². The topological polar surface area (TPSA) is 83.4 Å². The van der Waals surface area contributed by atoms with Crippen molar-refractivity contribution in [3.8, 4) is 5.69 Å². The first-order valence-electron chi connectivity index (χ1n) is 9.60. The molecule has 3 aromatic rings. The fourth-order valence-electron chi connectivity index (χ4n) is 3.71. The number of carbonyl (C=O) groups is 3. The molecule has 1 fully saturated rings. The zero-order valence-corrected chi connectivity index (χ0v) is 17.0. The highest BCUT2D eigenvalue weighted by Gasteiger charge is 2.50. The Morgan fingerprint density at radius 2 is 1.50 bits per heavy atom. The van der Waals surface area contributed by atoms with Crippen molar-refractivity contribution in [3.63, 3.8) is 0 Å². The molecular formula is C23H22N4O3. The van der Waals surface area contributed by atoms with Crippen LogP contribution in [0.2, 0.25) is 0 Å². The third kappa shape index (κ3) is 3.14. The summed E-state index contributed by atoms with van der Waals surface area (Å²) >= 11 is 0. The molecule has 0 saturated carbocycles. The zero-order valence-electron chi connectivity index (χ0n) is 17.0. The van der Waals surface area contributed by atoms with E-state index in [4.69, 9.17) is 0 Å². The lowest BCUT2D eigenvalue weighted by Crippen LogP contribution is -2.47. The van der Waals surface area contributed by atoms with Gasteiger partial charge in [-0.1, -0.05) is 30.3 Å². The summed E-state index contributed by atoms with van der Waals surface area (Å²) in [6.45, 7) is 5.63. The summed E-state index contributed by atoms with van der Waals surface area (Å²) in [6, 6.07) is 19.3. The molecule has 2 aromatic carbocycles. The fraction of sp³-hybridized carbons (Fsp3) is 0.174. The second-order valence-corrected chi connectivity index (χ2v) is 7.50. The van der Waals surface area contributed by atoms with Crippen LogP contribution in [0.1, 0.15) is 34.2 Å². The SMILES string of the molecule is Cc1ccc(C)n1-c1ccc(C(=O)NN2C(=O)N[C@@](C)(c3ccccc3)C2=O)cc1. The highest BCUT2D eigenvalue weighted by Crippen LogP contribution is 2.27. The van der Waals surface area contributed by atoms with Crippen LogP contribution in [0.25, 0.3) is 5.69 Å². The van der Waals surface area contributed by atoms with Crippen LogP contribution in [0.4, 0.5) is 4.79 Å². The van der Waals surface area contributed by atoms with Crippen molar-refractivity contribution >= 4 is 17.8 Å². The Kier molecular flexibility index (Phi) is 4.66. The Morgan fingerprint density at radius 3 is 2.10 bits per heavy atom. The van der Waals surface area contributed by atoms with Crippen LogP contribution in [0.15, 0.2) is 66.7 Å². The number of benzene rings is 2. The van der Waals surface area contributed by atoms with E-state index in [1.54, 1.807) is 43.3 Å². The number of rotatable bonds is 4. The third-order valence-corrected chi connectivity index (χ3v) is 5.41. The number of nitrogens with zero attached hydrogens (tertiary/aromatic N) is 2. The lowest BCUT2D eigenvalue weighted by Gasteiger charge is -2.22. The van der Waals surface area contributed by atoms with Crippen LogP contribution < -0.4 is 10.7 Å². The second-order valence-electron chi connectivity index (χ2n) is 7.50. The van der Waals surface area contributed by atoms with Gasteiger partial charge < -0.3 is 9.88 Å². The van der Waals surface area contributed by atoms with Crippen LogP contribution in [0, 0.1) is 13.8 Å². The van der Waals surface area contributed by atoms with Crippen LogP contribution in [0.3, 0.4) is 0 Å². The maximum absolute atomic E-state index is 12.9. The van der Waals surface area contributed by atoms with Gasteiger partial charge in [0.05, 0.1) is 0 Å². The van der Waals surface area contributed by atoms with Crippen molar-refractivity contribution in [1.29, 1.82) is 0 Å². The van der Waals surface area contributed by atoms with E-state index in [9.17, 15) is 14.4 Å². The van der Waals surface area contributed by atoms with Gasteiger partial charge in [0.25, 0.3) is 11.8 Å². The molecule has 1 aromatic heterocycles. The maximum Gasteiger partial charge on any atom is 0.344 e. The molecule has 0 radical (unpaired) electrons. The van der Waals surface area contributed by atoms with Crippen molar-refractivity contribution in [2.75, 3.05) is 0 Å². The third-order valence-electron chi connectivity index (χ3n) is 5.41. The standard InChI is InChI=1S/C23H22N4O3/c1-15-9-10-16(2)26(15)19-13-11-17(12-14-19)20(28)25-27-21(29)23(3,24-22(27)30)18-7-5-4-6-8-18/h4-14H,1-3H3,(H,24,30)(H,25,28)/t23-/m0/s1. The number of carbonyl (C=O) groups excluding carboxylic acids is 3. The van der Waals surface area contributed by atoms with Crippen LogP contribution in [-0.2, 0) is 10.3 Å². The van der Waals surface area contributed by atoms with Gasteiger partial charge in [0.1, 0.15) is 5.54 Å². The number of hydrogen-bond acceptors (Lipinski definition) is 3. The second kappa shape index (κ2) is 7.18. The minimum atomic E-state index is -1.24. The average Bonchev–Trinajstić information content (AvgIpc) is 3.19. The summed E-state index contributed by atoms with van der Waals surface area (Å²) in [5.74, 6) is -1.08. The number of imide groups is 1. The number of aromatic nitrogens is 1. The van der Waals surface area contributed by atoms with Crippen LogP contribution in [0.5, 0.6) is 0 Å². The minimum absolute atomic E-state index is 0.343. The van der Waals surface area contributed by atoms with E-state index in [-0.39, 0.29) is 0 Å². The lowest BCUT2D eigenvalue weighted by atomic mass is 9.92. The molecule has 1 saturated heterocycles. The first-order chi connectivity index (χ1) is 14.3. The summed E-state index contributed by atoms with van der Waals surface area (Å²) in [5.41, 5.74) is 5.27. The monoisotopic (exact) mass is 402 g/mol. The van der Waals surface area contributed by atoms with E-state index in [2.05, 4.69) is 15.3 Å². The van der Waals surface area contributed by atoms with E-state index in [1.165, 1.54) is 0 Å². The normalized spacial score (nSPS) is 18.4. The summed E-state index contributed by atoms with van der Waals surface area (Å²) in [6.07, 6.45) is 0. The Hall–Kier alpha value is -3.87. The van der Waals surface area contributed by atoms with E-state index in [0.29, 0.717) is 11.1 Å². The number of urea groups is 1. The minimum Gasteiger partial charge on any atom is -0.319 e. The molecule has 4 amide bonds. The zero-order chi connectivity index (χ0) is 21.5. The molecule has 2 N–H and O–H groups in total. The fourth-order valence-corrected chi connectivity index (χ4v) is 3.71. The van der Waals surface area contributed by atoms with Gasteiger partial charge in [-0.2, -0.15) is 5.01 Å². The maximum atomic E-state index is 12.9. The van der Waals surface area contributed by atoms with E-state index >= 15 is 0 Å². The van der Waals surface area contributed by atoms with Gasteiger partial charge >= 0.3 is 6.03 Å². The largest absolute Gasteiger partial charge is 0.344 e. The molecule has 0 bridgehead atoms. The summed E-state index contributed by atoms with van der Waals surface area (Å²) in [5, 5.41) is 3.40. The smallest absolute Gasteiger partial charge is 0.319 e. The van der Waals surface area contributed by atoms with Gasteiger partial charge in [-0.05, 0) is 62.7 Å². The van der Waals surface area contributed by atoms with Crippen molar-refractivity contribution in [2.45, 2.75) is 26.3 Å².